The van der Waals surface area contributed by atoms with Gasteiger partial charge < -0.3 is 14.4 Å². The molecule has 1 aliphatic heterocycles. The lowest BCUT2D eigenvalue weighted by molar-refractivity contribution is 0.0270. The average molecular weight is 501 g/mol. The number of nitrogens with one attached hydrogen (secondary N) is 1. The molecular formula is C24H25ClN4O4S. The molecule has 10 heteroatoms. The molecule has 0 saturated carbocycles. The molecule has 2 aromatic heterocycles. The number of fused-ring (bicyclic) bond motifs is 1. The van der Waals surface area contributed by atoms with Gasteiger partial charge in [-0.3, -0.25) is 10.1 Å². The van der Waals surface area contributed by atoms with Gasteiger partial charge in [-0.05, 0) is 62.6 Å². The first-order chi connectivity index (χ1) is 16.1. The van der Waals surface area contributed by atoms with Crippen molar-refractivity contribution in [2.24, 2.45) is 0 Å². The van der Waals surface area contributed by atoms with Crippen molar-refractivity contribution in [3.63, 3.8) is 0 Å². The summed E-state index contributed by atoms with van der Waals surface area (Å²) in [7, 11) is 1.59. The van der Waals surface area contributed by atoms with Gasteiger partial charge in [-0.25, -0.2) is 14.8 Å². The van der Waals surface area contributed by atoms with Crippen molar-refractivity contribution >= 4 is 55.9 Å². The highest BCUT2D eigenvalue weighted by Gasteiger charge is 2.25. The fraction of sp³-hybridized carbons (Fsp3) is 0.333. The highest BCUT2D eigenvalue weighted by atomic mass is 35.5. The van der Waals surface area contributed by atoms with Gasteiger partial charge in [-0.2, -0.15) is 0 Å². The number of rotatable bonds is 4. The Bertz CT molecular complexity index is 1280. The molecule has 34 heavy (non-hydrogen) atoms. The fourth-order valence-corrected chi connectivity index (χ4v) is 4.77. The minimum atomic E-state index is -0.533. The van der Waals surface area contributed by atoms with Crippen molar-refractivity contribution in [3.05, 3.63) is 52.8 Å². The van der Waals surface area contributed by atoms with Crippen LogP contribution in [0.4, 0.5) is 9.93 Å². The summed E-state index contributed by atoms with van der Waals surface area (Å²) >= 11 is 7.28. The van der Waals surface area contributed by atoms with Gasteiger partial charge in [-0.1, -0.05) is 29.0 Å². The molecule has 3 aromatic rings. The summed E-state index contributed by atoms with van der Waals surface area (Å²) in [5.74, 6) is 0.294. The van der Waals surface area contributed by atoms with Gasteiger partial charge in [0.1, 0.15) is 22.0 Å². The van der Waals surface area contributed by atoms with E-state index in [1.807, 2.05) is 39.0 Å². The van der Waals surface area contributed by atoms with E-state index in [9.17, 15) is 9.59 Å². The van der Waals surface area contributed by atoms with Crippen molar-refractivity contribution in [1.82, 2.24) is 14.9 Å². The van der Waals surface area contributed by atoms with Crippen LogP contribution in [-0.4, -0.2) is 52.7 Å². The van der Waals surface area contributed by atoms with Crippen LogP contribution in [0.2, 0.25) is 5.15 Å². The van der Waals surface area contributed by atoms with Gasteiger partial charge in [-0.15, -0.1) is 0 Å². The predicted molar refractivity (Wildman–Crippen MR) is 134 cm³/mol. The number of hydrogen-bond acceptors (Lipinski definition) is 7. The van der Waals surface area contributed by atoms with E-state index in [0.717, 1.165) is 15.8 Å². The van der Waals surface area contributed by atoms with Gasteiger partial charge in [0.15, 0.2) is 5.13 Å². The number of pyridine rings is 1. The molecule has 0 fully saturated rings. The number of thiazole rings is 1. The molecule has 0 unspecified atom stereocenters. The second kappa shape index (κ2) is 9.60. The minimum Gasteiger partial charge on any atom is -0.494 e. The average Bonchev–Trinajstić information content (AvgIpc) is 3.21. The summed E-state index contributed by atoms with van der Waals surface area (Å²) in [6.07, 6.45) is 3.87. The summed E-state index contributed by atoms with van der Waals surface area (Å²) in [6.45, 7) is 6.58. The molecule has 1 aliphatic rings. The maximum Gasteiger partial charge on any atom is 0.410 e. The van der Waals surface area contributed by atoms with Crippen LogP contribution in [-0.2, 0) is 4.74 Å². The largest absolute Gasteiger partial charge is 0.494 e. The van der Waals surface area contributed by atoms with Crippen LogP contribution >= 0.6 is 22.9 Å². The van der Waals surface area contributed by atoms with E-state index in [2.05, 4.69) is 15.3 Å². The van der Waals surface area contributed by atoms with Crippen molar-refractivity contribution in [1.29, 1.82) is 0 Å². The number of amides is 2. The van der Waals surface area contributed by atoms with E-state index in [1.54, 1.807) is 18.1 Å². The van der Waals surface area contributed by atoms with Gasteiger partial charge in [0, 0.05) is 24.8 Å². The first kappa shape index (κ1) is 24.0. The standard InChI is InChI=1S/C24H25ClN4O4S/c1-24(2,3)33-23(31)29-11-8-14(9-12-29)16-5-6-17(32-4)19-20(16)34-22(27-19)28-21(30)15-7-10-26-18(25)13-15/h5-8,10,13H,9,11-12H2,1-4H3,(H,27,28,30). The highest BCUT2D eigenvalue weighted by Crippen LogP contribution is 2.39. The predicted octanol–water partition coefficient (Wildman–Crippen LogP) is 5.63. The maximum atomic E-state index is 12.7. The lowest BCUT2D eigenvalue weighted by atomic mass is 9.99. The zero-order valence-corrected chi connectivity index (χ0v) is 20.9. The third-order valence-electron chi connectivity index (χ3n) is 5.14. The summed E-state index contributed by atoms with van der Waals surface area (Å²) < 4.78 is 11.9. The minimum absolute atomic E-state index is 0.241. The Morgan fingerprint density at radius 3 is 2.68 bits per heavy atom. The van der Waals surface area contributed by atoms with E-state index in [4.69, 9.17) is 21.1 Å². The smallest absolute Gasteiger partial charge is 0.410 e. The van der Waals surface area contributed by atoms with E-state index in [-0.39, 0.29) is 17.2 Å². The summed E-state index contributed by atoms with van der Waals surface area (Å²) in [5.41, 5.74) is 2.64. The van der Waals surface area contributed by atoms with Crippen LogP contribution < -0.4 is 10.1 Å². The molecule has 1 aromatic carbocycles. The Labute approximate surface area is 206 Å². The van der Waals surface area contributed by atoms with Crippen molar-refractivity contribution in [2.45, 2.75) is 32.8 Å². The van der Waals surface area contributed by atoms with Crippen LogP contribution in [0.1, 0.15) is 43.1 Å². The van der Waals surface area contributed by atoms with Crippen molar-refractivity contribution in [2.75, 3.05) is 25.5 Å². The molecule has 178 valence electrons. The lowest BCUT2D eigenvalue weighted by Gasteiger charge is -2.29. The molecule has 4 rings (SSSR count). The Morgan fingerprint density at radius 1 is 1.24 bits per heavy atom. The van der Waals surface area contributed by atoms with E-state index < -0.39 is 5.60 Å². The van der Waals surface area contributed by atoms with Crippen LogP contribution in [0.25, 0.3) is 15.8 Å². The van der Waals surface area contributed by atoms with Crippen LogP contribution in [0, 0.1) is 0 Å². The molecule has 8 nitrogen and oxygen atoms in total. The number of hydrogen-bond donors (Lipinski definition) is 1. The van der Waals surface area contributed by atoms with Crippen molar-refractivity contribution < 1.29 is 19.1 Å². The normalized spacial score (nSPS) is 14.0. The topological polar surface area (TPSA) is 93.7 Å². The van der Waals surface area contributed by atoms with Gasteiger partial charge in [0.2, 0.25) is 0 Å². The third-order valence-corrected chi connectivity index (χ3v) is 6.35. The highest BCUT2D eigenvalue weighted by molar-refractivity contribution is 7.22. The maximum absolute atomic E-state index is 12.7. The molecular weight excluding hydrogens is 476 g/mol. The van der Waals surface area contributed by atoms with E-state index in [0.29, 0.717) is 41.5 Å². The summed E-state index contributed by atoms with van der Waals surface area (Å²) in [4.78, 5) is 35.3. The number of anilines is 1. The number of carbonyl (C=O) groups excluding carboxylic acids is 2. The zero-order chi connectivity index (χ0) is 24.5. The molecule has 0 saturated heterocycles. The van der Waals surface area contributed by atoms with Crippen LogP contribution in [0.15, 0.2) is 36.5 Å². The quantitative estimate of drug-likeness (QED) is 0.466. The SMILES string of the molecule is COc1ccc(C2=CCN(C(=O)OC(C)(C)C)CC2)c2sc(NC(=O)c3ccnc(Cl)c3)nc12. The number of halogens is 1. The molecule has 0 bridgehead atoms. The summed E-state index contributed by atoms with van der Waals surface area (Å²) in [6, 6.07) is 6.94. The fourth-order valence-electron chi connectivity index (χ4n) is 3.57. The molecule has 0 radical (unpaired) electrons. The second-order valence-corrected chi connectivity index (χ2v) is 10.1. The molecule has 1 N–H and O–H groups in total. The lowest BCUT2D eigenvalue weighted by Crippen LogP contribution is -2.39. The molecule has 0 atom stereocenters. The van der Waals surface area contributed by atoms with Gasteiger partial charge >= 0.3 is 6.09 Å². The number of aromatic nitrogens is 2. The summed E-state index contributed by atoms with van der Waals surface area (Å²) in [5, 5.41) is 3.53. The first-order valence-corrected chi connectivity index (χ1v) is 11.9. The number of benzene rings is 1. The molecule has 0 spiro atoms. The number of nitrogens with zero attached hydrogens (tertiary/aromatic N) is 3. The Hall–Kier alpha value is -3.17. The zero-order valence-electron chi connectivity index (χ0n) is 19.3. The monoisotopic (exact) mass is 500 g/mol. The van der Waals surface area contributed by atoms with Crippen molar-refractivity contribution in [3.8, 4) is 5.75 Å². The number of carbonyl (C=O) groups is 2. The van der Waals surface area contributed by atoms with E-state index >= 15 is 0 Å². The van der Waals surface area contributed by atoms with Gasteiger partial charge in [0.25, 0.3) is 5.91 Å². The molecule has 0 aliphatic carbocycles. The molecule has 2 amide bonds. The molecule has 3 heterocycles. The third kappa shape index (κ3) is 5.31. The number of ether oxygens (including phenoxy) is 2. The Balaban J connectivity index is 1.60. The number of methoxy groups -OCH3 is 1. The van der Waals surface area contributed by atoms with Crippen LogP contribution in [0.3, 0.4) is 0 Å². The second-order valence-electron chi connectivity index (χ2n) is 8.74. The Kier molecular flexibility index (Phi) is 6.77. The Morgan fingerprint density at radius 2 is 2.03 bits per heavy atom. The van der Waals surface area contributed by atoms with E-state index in [1.165, 1.54) is 23.6 Å². The van der Waals surface area contributed by atoms with Gasteiger partial charge in [0.05, 0.1) is 11.8 Å². The first-order valence-electron chi connectivity index (χ1n) is 10.7. The van der Waals surface area contributed by atoms with Crippen LogP contribution in [0.5, 0.6) is 5.75 Å².